The van der Waals surface area contributed by atoms with Crippen LogP contribution in [0.1, 0.15) is 152 Å². The Morgan fingerprint density at radius 1 is 0.312 bits per heavy atom. The first kappa shape index (κ1) is 114. The molecule has 7 saturated heterocycles. The van der Waals surface area contributed by atoms with Crippen molar-refractivity contribution in [2.24, 2.45) is 0 Å². The van der Waals surface area contributed by atoms with Crippen molar-refractivity contribution in [2.75, 3.05) is 52.5 Å². The zero-order valence-corrected chi connectivity index (χ0v) is 85.7. The third-order valence-electron chi connectivity index (χ3n) is 19.3. The van der Waals surface area contributed by atoms with Crippen molar-refractivity contribution in [1.82, 2.24) is 0 Å². The first-order chi connectivity index (χ1) is 66.7. The summed E-state index contributed by atoms with van der Waals surface area (Å²) in [5.74, 6) is 1.12. The SMILES string of the molecule is CC(C)O[C@H]1[C@@H](F)CO[C@@H]1/C=C/P(=O)(O)CO.CC(C)O[C@H]1[C@@H](F)CO[C@@H]1/C=C/P(=O)(O)O.CC(C)O[C@H]1[C@@H](F)CO[C@@H]1/C=C/P(C)(=O)O.CC(C)O[C@H]1[C@@H](F)[C@H](c2ccccc2)O[C@@H]1/C=C/P(C)(=O)O.[2H]/C(=C(/[2H])P(=O)(O)CO)[C@H]1O[C@@H](c2ccccc2)[C@H](F)[C@@H]1OC(C)C.[2H]/C(=C(/[2H])P(=O)(O)O)[C@H]1O[C@@H](c2ccccc2)[C@H](F)[C@@H]1OC(C)C.[2H]/C(=C(/[2H])P(C)(=O)O)[C@H]1O[C@@H](c2ccccc2)[C@H](F)[C@@H]1OC(C)C. The molecule has 0 bridgehead atoms. The van der Waals surface area contributed by atoms with Gasteiger partial charge in [-0.1, -0.05) is 121 Å². The predicted octanol–water partition coefficient (Wildman–Crippen LogP) is 17.7. The lowest BCUT2D eigenvalue weighted by Gasteiger charge is -2.20. The Morgan fingerprint density at radius 2 is 0.543 bits per heavy atom. The average Bonchev–Trinajstić information content (AvgIpc) is 1.64. The number of hydrogen-bond donors (Lipinski definition) is 11. The molecule has 5 unspecified atom stereocenters. The summed E-state index contributed by atoms with van der Waals surface area (Å²) in [4.78, 5) is 82.2. The number of aliphatic hydroxyl groups is 2. The lowest BCUT2D eigenvalue weighted by atomic mass is 10.0. The number of benzene rings is 4. The Bertz CT molecular complexity index is 4990. The van der Waals surface area contributed by atoms with Crippen LogP contribution in [0, 0.1) is 0 Å². The molecule has 0 amide bonds. The maximum atomic E-state index is 15.0. The smallest absolute Gasteiger partial charge is 0.348 e. The lowest BCUT2D eigenvalue weighted by molar-refractivity contribution is -0.0388. The summed E-state index contributed by atoms with van der Waals surface area (Å²) in [7, 11) is -27.8. The molecular formula is C92H138F7O32P7. The maximum Gasteiger partial charge on any atom is 0.348 e. The van der Waals surface area contributed by atoms with Crippen LogP contribution in [0.4, 0.5) is 30.7 Å². The van der Waals surface area contributed by atoms with Gasteiger partial charge >= 0.3 is 15.2 Å². The quantitative estimate of drug-likeness (QED) is 0.0153. The molecule has 32 nitrogen and oxygen atoms in total. The average molecular weight is 2110 g/mol. The van der Waals surface area contributed by atoms with Gasteiger partial charge in [-0.3, -0.25) is 32.0 Å². The Balaban J connectivity index is 0.000000298. The van der Waals surface area contributed by atoms with Crippen LogP contribution in [0.25, 0.3) is 0 Å². The molecular weight excluding hydrogens is 1970 g/mol. The van der Waals surface area contributed by atoms with Crippen LogP contribution in [-0.4, -0.2) is 278 Å². The first-order valence-electron chi connectivity index (χ1n) is 47.1. The van der Waals surface area contributed by atoms with Gasteiger partial charge in [-0.25, -0.2) is 30.7 Å². The molecule has 4 aromatic carbocycles. The second-order valence-electron chi connectivity index (χ2n) is 34.6. The minimum atomic E-state index is -4.94. The monoisotopic (exact) mass is 2110 g/mol. The molecule has 7 heterocycles. The molecule has 782 valence electrons. The fourth-order valence-corrected chi connectivity index (χ4v) is 16.8. The van der Waals surface area contributed by atoms with Gasteiger partial charge in [0.05, 0.1) is 70.8 Å². The number of hydrogen-bond acceptors (Lipinski definition) is 23. The maximum absolute atomic E-state index is 15.0. The summed E-state index contributed by atoms with van der Waals surface area (Å²) in [5, 5.41) is 17.6. The zero-order chi connectivity index (χ0) is 109. The second-order valence-corrected chi connectivity index (χ2v) is 47.8. The molecule has 0 saturated carbocycles. The minimum absolute atomic E-state index is 0.0359. The van der Waals surface area contributed by atoms with Gasteiger partial charge in [0.25, 0.3) is 0 Å². The molecule has 46 heteroatoms. The van der Waals surface area contributed by atoms with Gasteiger partial charge in [-0.2, -0.15) is 0 Å². The fraction of sp³-hybridized carbons (Fsp3) is 0.587. The molecule has 0 spiro atoms. The van der Waals surface area contributed by atoms with Crippen LogP contribution in [0.3, 0.4) is 0 Å². The summed E-state index contributed by atoms with van der Waals surface area (Å²) in [6.45, 7) is 27.7. The molecule has 4 aromatic rings. The van der Waals surface area contributed by atoms with Gasteiger partial charge in [0.2, 0.25) is 36.8 Å². The zero-order valence-electron chi connectivity index (χ0n) is 85.4. The second kappa shape index (κ2) is 57.9. The van der Waals surface area contributed by atoms with E-state index in [0.717, 1.165) is 29.9 Å². The minimum Gasteiger partial charge on any atom is -0.386 e. The van der Waals surface area contributed by atoms with Crippen LogP contribution < -0.4 is 0 Å². The van der Waals surface area contributed by atoms with E-state index in [1.807, 2.05) is 45.9 Å². The van der Waals surface area contributed by atoms with E-state index in [1.54, 1.807) is 172 Å². The summed E-state index contributed by atoms with van der Waals surface area (Å²) in [5.41, 5.74) is 2.39. The van der Waals surface area contributed by atoms with Gasteiger partial charge in [0.15, 0.2) is 43.2 Å². The van der Waals surface area contributed by atoms with E-state index in [2.05, 4.69) is 0 Å². The number of rotatable bonds is 34. The summed E-state index contributed by atoms with van der Waals surface area (Å²) in [6.07, 6.45) is -25.2. The Hall–Kier alpha value is -4.82. The van der Waals surface area contributed by atoms with Crippen molar-refractivity contribution in [1.29, 1.82) is 0 Å². The van der Waals surface area contributed by atoms with Crippen molar-refractivity contribution >= 4 is 52.0 Å². The molecule has 11 N–H and O–H groups in total. The standard InChI is InChI=1S/C16H22FO5P.2C16H22FO4P.C15H20FO5P.C10H18FO5P.C10H18FO4P.C9H16FO5P/c1-11(2)21-16-13(8-9-23(19,20)10-18)22-15(14(16)17)12-6-4-3-5-7-12;2*1-11(2)20-16-13(9-10-22(3,18)19)21-15(14(16)17)12-7-5-4-6-8-12;1-10(2)20-15-12(8-9-22(17,18)19)21-14(13(15)16)11-6-4-3-5-7-11;1-7(2)16-10-8(11)5-15-9(10)3-4-17(13,14)6-12;1-7(2)15-10-8(11)6-14-9(10)4-5-16(3,12)13;1-6(2)15-9-7(10)5-14-8(9)3-4-16(11,12)13/h3-9,11,13-16,18H,10H2,1-2H3,(H,19,20);2*4-11,13-16H,1-3H3,(H,18,19);3-10,12-15H,1-2H3,(H2,17,18,19);3-4,7-10,12H,5-6H2,1-2H3,(H,13,14);4-5,7-10H,6H2,1-3H3,(H,12,13);3-4,6-9H,5H2,1-2H3,(H2,11,12,13)/b9-8+;2*10-9+;9-8+;4-3+;5-4+;4-3+/t3*13-,14+,15+,16-;12-,13+,14+,15-;2*8-,9+,10-;7-,8+,9-/m1111000/s1/i8D,9D;9D,10D;;8D,9D;;;. The summed E-state index contributed by atoms with van der Waals surface area (Å²) < 4.78 is 302. The van der Waals surface area contributed by atoms with E-state index in [0.29, 0.717) is 22.5 Å². The highest BCUT2D eigenvalue weighted by molar-refractivity contribution is 7.62. The molecule has 30 atom stereocenters. The lowest BCUT2D eigenvalue weighted by Crippen LogP contribution is -2.32. The van der Waals surface area contributed by atoms with Crippen molar-refractivity contribution < 1.29 is 191 Å². The van der Waals surface area contributed by atoms with E-state index < -0.39 is 253 Å². The fourth-order valence-electron chi connectivity index (χ4n) is 13.8. The van der Waals surface area contributed by atoms with E-state index >= 15 is 0 Å². The van der Waals surface area contributed by atoms with Gasteiger partial charge in [-0.05, 0) is 179 Å². The Kier molecular flexibility index (Phi) is 47.6. The van der Waals surface area contributed by atoms with Crippen molar-refractivity contribution in [2.45, 2.75) is 293 Å². The van der Waals surface area contributed by atoms with Gasteiger partial charge in [-0.15, -0.1) is 0 Å². The van der Waals surface area contributed by atoms with Crippen LogP contribution in [0.15, 0.2) is 204 Å². The topological polar surface area (TPSA) is 471 Å². The summed E-state index contributed by atoms with van der Waals surface area (Å²) >= 11 is 0. The molecule has 11 rings (SSSR count). The molecule has 0 radical (unpaired) electrons. The van der Waals surface area contributed by atoms with E-state index in [1.165, 1.54) is 37.4 Å². The summed E-state index contributed by atoms with van der Waals surface area (Å²) in [6, 6.07) is 32.9. The predicted molar refractivity (Wildman–Crippen MR) is 509 cm³/mol. The number of aliphatic hydroxyl groups excluding tert-OH is 2. The number of ether oxygens (including phenoxy) is 14. The van der Waals surface area contributed by atoms with Crippen LogP contribution in [0.2, 0.25) is 0 Å². The van der Waals surface area contributed by atoms with Crippen molar-refractivity contribution in [3.63, 3.8) is 0 Å². The highest BCUT2D eigenvalue weighted by Gasteiger charge is 2.51. The van der Waals surface area contributed by atoms with E-state index in [4.69, 9.17) is 114 Å². The third kappa shape index (κ3) is 45.0. The molecule has 138 heavy (non-hydrogen) atoms. The van der Waals surface area contributed by atoms with E-state index in [-0.39, 0.29) is 62.5 Å². The van der Waals surface area contributed by atoms with Crippen molar-refractivity contribution in [3.8, 4) is 0 Å². The van der Waals surface area contributed by atoms with Gasteiger partial charge in [0.1, 0.15) is 123 Å². The molecule has 0 aliphatic carbocycles. The highest BCUT2D eigenvalue weighted by atomic mass is 31.2. The molecule has 7 aliphatic heterocycles. The third-order valence-corrected chi connectivity index (χ3v) is 24.2. The van der Waals surface area contributed by atoms with Crippen LogP contribution in [0.5, 0.6) is 0 Å². The highest BCUT2D eigenvalue weighted by Crippen LogP contribution is 2.49. The molecule has 7 aliphatic rings. The Labute approximate surface area is 811 Å². The van der Waals surface area contributed by atoms with Gasteiger partial charge < -0.3 is 121 Å². The largest absolute Gasteiger partial charge is 0.386 e. The van der Waals surface area contributed by atoms with Crippen LogP contribution >= 0.6 is 52.0 Å². The first-order valence-corrected chi connectivity index (χ1v) is 57.6. The molecule has 7 fully saturated rings. The number of halogens is 7. The van der Waals surface area contributed by atoms with Gasteiger partial charge in [0, 0.05) is 43.2 Å². The number of alkyl halides is 7. The van der Waals surface area contributed by atoms with E-state index in [9.17, 15) is 77.4 Å². The molecule has 0 aromatic heterocycles. The van der Waals surface area contributed by atoms with Crippen molar-refractivity contribution in [3.05, 3.63) is 227 Å². The normalized spacial score (nSPS) is 32.8. The van der Waals surface area contributed by atoms with Crippen LogP contribution in [-0.2, 0) is 98.3 Å². The Morgan fingerprint density at radius 3 is 0.790 bits per heavy atom.